The van der Waals surface area contributed by atoms with Gasteiger partial charge in [-0.15, -0.1) is 6.58 Å². The molecule has 0 radical (unpaired) electrons. The minimum atomic E-state index is -4.44. The maximum Gasteiger partial charge on any atom is 0.417 e. The fourth-order valence-corrected chi connectivity index (χ4v) is 2.63. The summed E-state index contributed by atoms with van der Waals surface area (Å²) >= 11 is 5.65. The fraction of sp³-hybridized carbons (Fsp3) is 0.429. The monoisotopic (exact) mass is 304 g/mol. The summed E-state index contributed by atoms with van der Waals surface area (Å²) in [7, 11) is 0. The van der Waals surface area contributed by atoms with E-state index in [-0.39, 0.29) is 11.1 Å². The summed E-state index contributed by atoms with van der Waals surface area (Å²) < 4.78 is 38.7. The van der Waals surface area contributed by atoms with Gasteiger partial charge in [0.2, 0.25) is 0 Å². The third-order valence-electron chi connectivity index (χ3n) is 3.41. The lowest BCUT2D eigenvalue weighted by Crippen LogP contribution is -2.44. The van der Waals surface area contributed by atoms with E-state index in [2.05, 4.69) is 16.8 Å². The molecule has 1 aliphatic heterocycles. The van der Waals surface area contributed by atoms with Crippen LogP contribution in [0.2, 0.25) is 5.02 Å². The second-order valence-electron chi connectivity index (χ2n) is 4.70. The van der Waals surface area contributed by atoms with E-state index in [4.69, 9.17) is 11.6 Å². The molecule has 0 aromatic heterocycles. The van der Waals surface area contributed by atoms with E-state index in [1.165, 1.54) is 6.07 Å². The lowest BCUT2D eigenvalue weighted by molar-refractivity contribution is -0.137. The van der Waals surface area contributed by atoms with E-state index in [1.54, 1.807) is 12.1 Å². The van der Waals surface area contributed by atoms with Crippen molar-refractivity contribution >= 4 is 11.6 Å². The van der Waals surface area contributed by atoms with Crippen LogP contribution in [-0.2, 0) is 6.18 Å². The third-order valence-corrected chi connectivity index (χ3v) is 3.74. The number of piperazine rings is 1. The molecule has 20 heavy (non-hydrogen) atoms. The number of benzene rings is 1. The summed E-state index contributed by atoms with van der Waals surface area (Å²) in [5.41, 5.74) is -0.225. The van der Waals surface area contributed by atoms with E-state index >= 15 is 0 Å². The van der Waals surface area contributed by atoms with Gasteiger partial charge >= 0.3 is 6.18 Å². The van der Waals surface area contributed by atoms with Gasteiger partial charge in [0.05, 0.1) is 16.6 Å². The van der Waals surface area contributed by atoms with Gasteiger partial charge in [-0.25, -0.2) is 0 Å². The molecule has 1 heterocycles. The predicted octanol–water partition coefficient (Wildman–Crippen LogP) is 3.49. The maximum absolute atomic E-state index is 12.9. The highest BCUT2D eigenvalue weighted by molar-refractivity contribution is 6.31. The van der Waals surface area contributed by atoms with Crippen LogP contribution < -0.4 is 5.32 Å². The van der Waals surface area contributed by atoms with Crippen molar-refractivity contribution in [2.45, 2.75) is 12.2 Å². The molecular weight excluding hydrogens is 289 g/mol. The van der Waals surface area contributed by atoms with Crippen molar-refractivity contribution in [2.24, 2.45) is 0 Å². The largest absolute Gasteiger partial charge is 0.417 e. The molecule has 0 spiro atoms. The summed E-state index contributed by atoms with van der Waals surface area (Å²) in [5.74, 6) is 0. The molecule has 1 aromatic carbocycles. The number of nitrogens with zero attached hydrogens (tertiary/aromatic N) is 1. The van der Waals surface area contributed by atoms with Crippen LogP contribution in [-0.4, -0.2) is 31.1 Å². The lowest BCUT2D eigenvalue weighted by atomic mass is 10.0. The molecule has 1 saturated heterocycles. The second-order valence-corrected chi connectivity index (χ2v) is 5.11. The first kappa shape index (κ1) is 15.4. The van der Waals surface area contributed by atoms with Crippen molar-refractivity contribution in [3.63, 3.8) is 0 Å². The molecule has 1 atom stereocenters. The summed E-state index contributed by atoms with van der Waals surface area (Å²) in [4.78, 5) is 2.10. The van der Waals surface area contributed by atoms with Gasteiger partial charge < -0.3 is 5.32 Å². The van der Waals surface area contributed by atoms with Crippen molar-refractivity contribution in [1.82, 2.24) is 10.2 Å². The standard InChI is InChI=1S/C14H16ClF3N2/c1-2-13(20-7-5-19-6-8-20)10-3-4-12(15)11(9-10)14(16,17)18/h2-4,9,13,19H,1,5-8H2/t13-/m0/s1. The van der Waals surface area contributed by atoms with Crippen molar-refractivity contribution in [3.8, 4) is 0 Å². The molecule has 1 N–H and O–H groups in total. The van der Waals surface area contributed by atoms with E-state index < -0.39 is 11.7 Å². The molecule has 2 nitrogen and oxygen atoms in total. The average molecular weight is 305 g/mol. The zero-order valence-corrected chi connectivity index (χ0v) is 11.6. The number of alkyl halides is 3. The van der Waals surface area contributed by atoms with Crippen LogP contribution in [0.1, 0.15) is 17.2 Å². The molecule has 1 fully saturated rings. The van der Waals surface area contributed by atoms with E-state index in [1.807, 2.05) is 0 Å². The number of halogens is 4. The predicted molar refractivity (Wildman–Crippen MR) is 73.8 cm³/mol. The molecule has 0 saturated carbocycles. The van der Waals surface area contributed by atoms with Crippen molar-refractivity contribution in [1.29, 1.82) is 0 Å². The van der Waals surface area contributed by atoms with E-state index in [0.29, 0.717) is 5.56 Å². The molecule has 0 unspecified atom stereocenters. The normalized spacial score (nSPS) is 18.8. The molecule has 110 valence electrons. The molecule has 1 aromatic rings. The maximum atomic E-state index is 12.9. The Bertz CT molecular complexity index is 482. The first-order chi connectivity index (χ1) is 9.43. The molecule has 6 heteroatoms. The number of nitrogens with one attached hydrogen (secondary N) is 1. The molecule has 2 rings (SSSR count). The quantitative estimate of drug-likeness (QED) is 0.860. The summed E-state index contributed by atoms with van der Waals surface area (Å²) in [6, 6.07) is 3.83. The lowest BCUT2D eigenvalue weighted by Gasteiger charge is -2.33. The topological polar surface area (TPSA) is 15.3 Å². The summed E-state index contributed by atoms with van der Waals surface area (Å²) in [6.07, 6.45) is -2.77. The molecule has 1 aliphatic rings. The molecule has 0 amide bonds. The Morgan fingerprint density at radius 3 is 2.50 bits per heavy atom. The Kier molecular flexibility index (Phi) is 4.73. The average Bonchev–Trinajstić information content (AvgIpc) is 2.41. The Hall–Kier alpha value is -1.04. The Labute approximate surface area is 121 Å². The molecule has 0 aliphatic carbocycles. The molecular formula is C14H16ClF3N2. The van der Waals surface area contributed by atoms with Gasteiger partial charge in [0.15, 0.2) is 0 Å². The summed E-state index contributed by atoms with van der Waals surface area (Å²) in [5, 5.41) is 2.94. The van der Waals surface area contributed by atoms with Crippen LogP contribution in [0.5, 0.6) is 0 Å². The minimum absolute atomic E-state index is 0.226. The van der Waals surface area contributed by atoms with Crippen LogP contribution in [0.4, 0.5) is 13.2 Å². The van der Waals surface area contributed by atoms with Crippen LogP contribution in [0, 0.1) is 0 Å². The van der Waals surface area contributed by atoms with Gasteiger partial charge in [0.1, 0.15) is 0 Å². The SMILES string of the molecule is C=C[C@@H](c1ccc(Cl)c(C(F)(F)F)c1)N1CCNCC1. The minimum Gasteiger partial charge on any atom is -0.314 e. The highest BCUT2D eigenvalue weighted by atomic mass is 35.5. The highest BCUT2D eigenvalue weighted by Crippen LogP contribution is 2.37. The Morgan fingerprint density at radius 1 is 1.30 bits per heavy atom. The van der Waals surface area contributed by atoms with E-state index in [9.17, 15) is 13.2 Å². The first-order valence-electron chi connectivity index (χ1n) is 6.37. The van der Waals surface area contributed by atoms with E-state index in [0.717, 1.165) is 32.2 Å². The summed E-state index contributed by atoms with van der Waals surface area (Å²) in [6.45, 7) is 6.95. The van der Waals surface area contributed by atoms with Gasteiger partial charge in [0, 0.05) is 26.2 Å². The van der Waals surface area contributed by atoms with Gasteiger partial charge in [-0.3, -0.25) is 4.90 Å². The van der Waals surface area contributed by atoms with Gasteiger partial charge in [-0.1, -0.05) is 23.7 Å². The van der Waals surface area contributed by atoms with Crippen LogP contribution in [0.3, 0.4) is 0 Å². The number of rotatable bonds is 3. The Balaban J connectivity index is 2.32. The number of hydrogen-bond donors (Lipinski definition) is 1. The first-order valence-corrected chi connectivity index (χ1v) is 6.75. The van der Waals surface area contributed by atoms with Crippen molar-refractivity contribution < 1.29 is 13.2 Å². The van der Waals surface area contributed by atoms with Crippen molar-refractivity contribution in [3.05, 3.63) is 47.0 Å². The Morgan fingerprint density at radius 2 is 1.95 bits per heavy atom. The van der Waals surface area contributed by atoms with Gasteiger partial charge in [0.25, 0.3) is 0 Å². The fourth-order valence-electron chi connectivity index (χ4n) is 2.40. The zero-order chi connectivity index (χ0) is 14.8. The van der Waals surface area contributed by atoms with Crippen molar-refractivity contribution in [2.75, 3.05) is 26.2 Å². The van der Waals surface area contributed by atoms with Gasteiger partial charge in [-0.05, 0) is 17.7 Å². The highest BCUT2D eigenvalue weighted by Gasteiger charge is 2.34. The van der Waals surface area contributed by atoms with Crippen LogP contribution >= 0.6 is 11.6 Å². The smallest absolute Gasteiger partial charge is 0.314 e. The van der Waals surface area contributed by atoms with Crippen LogP contribution in [0.25, 0.3) is 0 Å². The van der Waals surface area contributed by atoms with Crippen LogP contribution in [0.15, 0.2) is 30.9 Å². The second kappa shape index (κ2) is 6.16. The van der Waals surface area contributed by atoms with Gasteiger partial charge in [-0.2, -0.15) is 13.2 Å². The zero-order valence-electron chi connectivity index (χ0n) is 10.9. The number of hydrogen-bond acceptors (Lipinski definition) is 2. The molecule has 0 bridgehead atoms. The third kappa shape index (κ3) is 3.34.